The molecule has 3 rings (SSSR count). The number of rotatable bonds is 3. The van der Waals surface area contributed by atoms with Crippen molar-refractivity contribution in [2.45, 2.75) is 0 Å². The van der Waals surface area contributed by atoms with Gasteiger partial charge in [0, 0.05) is 29.3 Å². The number of fused-ring (bicyclic) bond motifs is 1. The molecule has 0 fully saturated rings. The Hall–Kier alpha value is -2.40. The number of anilines is 2. The van der Waals surface area contributed by atoms with E-state index in [2.05, 4.69) is 15.6 Å². The molecule has 2 aromatic heterocycles. The van der Waals surface area contributed by atoms with Crippen molar-refractivity contribution in [1.29, 1.82) is 0 Å². The van der Waals surface area contributed by atoms with Crippen molar-refractivity contribution in [3.8, 4) is 0 Å². The minimum atomic E-state index is -0.211. The Bertz CT molecular complexity index is 766. The van der Waals surface area contributed by atoms with Crippen LogP contribution >= 0.6 is 11.3 Å². The number of benzene rings is 1. The zero-order valence-corrected chi connectivity index (χ0v) is 11.7. The van der Waals surface area contributed by atoms with Gasteiger partial charge in [-0.15, -0.1) is 11.3 Å². The molecule has 1 amide bonds. The second kappa shape index (κ2) is 5.30. The monoisotopic (exact) mass is 283 g/mol. The number of hydrogen-bond acceptors (Lipinski definition) is 4. The van der Waals surface area contributed by atoms with Gasteiger partial charge in [0.25, 0.3) is 5.91 Å². The van der Waals surface area contributed by atoms with Crippen LogP contribution in [0.4, 0.5) is 11.4 Å². The molecule has 0 aliphatic heterocycles. The second-order valence-electron chi connectivity index (χ2n) is 4.31. The fourth-order valence-corrected chi connectivity index (χ4v) is 2.72. The highest BCUT2D eigenvalue weighted by Gasteiger charge is 2.08. The third-order valence-corrected chi connectivity index (χ3v) is 3.89. The highest BCUT2D eigenvalue weighted by Crippen LogP contribution is 2.24. The van der Waals surface area contributed by atoms with Gasteiger partial charge in [-0.2, -0.15) is 0 Å². The summed E-state index contributed by atoms with van der Waals surface area (Å²) in [6.45, 7) is 0. The first-order valence-electron chi connectivity index (χ1n) is 6.19. The molecule has 1 aromatic carbocycles. The van der Waals surface area contributed by atoms with Gasteiger partial charge in [0.05, 0.1) is 0 Å². The van der Waals surface area contributed by atoms with Crippen LogP contribution in [0.25, 0.3) is 10.1 Å². The molecule has 0 radical (unpaired) electrons. The molecule has 0 atom stereocenters. The van der Waals surface area contributed by atoms with Crippen LogP contribution in [0.1, 0.15) is 10.5 Å². The van der Waals surface area contributed by atoms with Crippen LogP contribution in [-0.2, 0) is 0 Å². The molecule has 0 aliphatic rings. The number of nitrogens with one attached hydrogen (secondary N) is 2. The zero-order chi connectivity index (χ0) is 13.9. The van der Waals surface area contributed by atoms with Crippen LogP contribution in [-0.4, -0.2) is 17.9 Å². The Kier molecular flexibility index (Phi) is 3.35. The first-order valence-corrected chi connectivity index (χ1v) is 7.06. The van der Waals surface area contributed by atoms with Gasteiger partial charge in [-0.05, 0) is 47.2 Å². The third kappa shape index (κ3) is 2.48. The van der Waals surface area contributed by atoms with Crippen molar-refractivity contribution >= 4 is 38.7 Å². The van der Waals surface area contributed by atoms with Crippen LogP contribution in [0.5, 0.6) is 0 Å². The lowest BCUT2D eigenvalue weighted by Gasteiger charge is -2.06. The fraction of sp³-hybridized carbons (Fsp3) is 0.0667. The van der Waals surface area contributed by atoms with Gasteiger partial charge in [0.2, 0.25) is 0 Å². The molecule has 2 heterocycles. The van der Waals surface area contributed by atoms with E-state index < -0.39 is 0 Å². The second-order valence-corrected chi connectivity index (χ2v) is 5.25. The predicted octanol–water partition coefficient (Wildman–Crippen LogP) is 3.59. The summed E-state index contributed by atoms with van der Waals surface area (Å²) >= 11 is 1.68. The fourth-order valence-electron chi connectivity index (χ4n) is 1.95. The molecular weight excluding hydrogens is 270 g/mol. The molecule has 0 unspecified atom stereocenters. The Morgan fingerprint density at radius 1 is 1.15 bits per heavy atom. The lowest BCUT2D eigenvalue weighted by Crippen LogP contribution is -2.13. The minimum Gasteiger partial charge on any atom is -0.388 e. The summed E-state index contributed by atoms with van der Waals surface area (Å²) in [7, 11) is 1.81. The topological polar surface area (TPSA) is 54.0 Å². The number of carbonyl (C=O) groups is 1. The average molecular weight is 283 g/mol. The molecule has 0 saturated carbocycles. The highest BCUT2D eigenvalue weighted by atomic mass is 32.1. The van der Waals surface area contributed by atoms with Crippen molar-refractivity contribution in [3.05, 3.63) is 53.7 Å². The summed E-state index contributed by atoms with van der Waals surface area (Å²) < 4.78 is 1.21. The van der Waals surface area contributed by atoms with Gasteiger partial charge in [-0.25, -0.2) is 0 Å². The Morgan fingerprint density at radius 3 is 2.90 bits per heavy atom. The summed E-state index contributed by atoms with van der Waals surface area (Å²) in [6, 6.07) is 11.4. The number of amides is 1. The van der Waals surface area contributed by atoms with E-state index in [-0.39, 0.29) is 5.91 Å². The summed E-state index contributed by atoms with van der Waals surface area (Å²) in [5, 5.41) is 9.02. The summed E-state index contributed by atoms with van der Waals surface area (Å²) in [6.07, 6.45) is 1.61. The van der Waals surface area contributed by atoms with E-state index in [4.69, 9.17) is 0 Å². The van der Waals surface area contributed by atoms with Crippen LogP contribution in [0, 0.1) is 0 Å². The smallest absolute Gasteiger partial charge is 0.274 e. The number of hydrogen-bond donors (Lipinski definition) is 2. The van der Waals surface area contributed by atoms with Crippen LogP contribution in [0.2, 0.25) is 0 Å². The van der Waals surface area contributed by atoms with Crippen molar-refractivity contribution in [2.75, 3.05) is 17.7 Å². The lowest BCUT2D eigenvalue weighted by molar-refractivity contribution is 0.102. The first kappa shape index (κ1) is 12.6. The van der Waals surface area contributed by atoms with Crippen LogP contribution in [0.3, 0.4) is 0 Å². The molecule has 20 heavy (non-hydrogen) atoms. The van der Waals surface area contributed by atoms with Gasteiger partial charge in [-0.1, -0.05) is 0 Å². The van der Waals surface area contributed by atoms with Gasteiger partial charge in [0.1, 0.15) is 5.69 Å². The van der Waals surface area contributed by atoms with Gasteiger partial charge in [0.15, 0.2) is 0 Å². The van der Waals surface area contributed by atoms with Gasteiger partial charge < -0.3 is 10.6 Å². The Labute approximate surface area is 120 Å². The van der Waals surface area contributed by atoms with E-state index in [1.165, 1.54) is 4.70 Å². The van der Waals surface area contributed by atoms with E-state index >= 15 is 0 Å². The molecular formula is C15H13N3OS. The van der Waals surface area contributed by atoms with Crippen molar-refractivity contribution in [1.82, 2.24) is 4.98 Å². The molecule has 0 saturated heterocycles. The van der Waals surface area contributed by atoms with Gasteiger partial charge >= 0.3 is 0 Å². The summed E-state index contributed by atoms with van der Waals surface area (Å²) in [5.74, 6) is -0.211. The standard InChI is InChI=1S/C15H13N3OS/c1-16-11-4-6-17-13(9-11)15(19)18-12-2-3-14-10(8-12)5-7-20-14/h2-9H,1H3,(H,16,17)(H,18,19). The maximum atomic E-state index is 12.2. The Balaban J connectivity index is 1.83. The maximum Gasteiger partial charge on any atom is 0.274 e. The van der Waals surface area contributed by atoms with Gasteiger partial charge in [-0.3, -0.25) is 9.78 Å². The van der Waals surface area contributed by atoms with Crippen molar-refractivity contribution in [3.63, 3.8) is 0 Å². The van der Waals surface area contributed by atoms with Crippen molar-refractivity contribution < 1.29 is 4.79 Å². The van der Waals surface area contributed by atoms with Crippen LogP contribution in [0.15, 0.2) is 48.0 Å². The van der Waals surface area contributed by atoms with E-state index in [0.29, 0.717) is 5.69 Å². The molecule has 5 heteroatoms. The van der Waals surface area contributed by atoms with E-state index in [0.717, 1.165) is 16.8 Å². The molecule has 0 bridgehead atoms. The summed E-state index contributed by atoms with van der Waals surface area (Å²) in [4.78, 5) is 16.2. The van der Waals surface area contributed by atoms with E-state index in [1.54, 1.807) is 23.6 Å². The zero-order valence-electron chi connectivity index (χ0n) is 10.9. The molecule has 4 nitrogen and oxygen atoms in total. The average Bonchev–Trinajstić information content (AvgIpc) is 2.95. The van der Waals surface area contributed by atoms with Crippen molar-refractivity contribution in [2.24, 2.45) is 0 Å². The summed E-state index contributed by atoms with van der Waals surface area (Å²) in [5.41, 5.74) is 2.03. The molecule has 100 valence electrons. The Morgan fingerprint density at radius 2 is 2.05 bits per heavy atom. The van der Waals surface area contributed by atoms with Crippen LogP contribution < -0.4 is 10.6 Å². The molecule has 0 aliphatic carbocycles. The normalized spacial score (nSPS) is 10.4. The molecule has 0 spiro atoms. The number of nitrogens with zero attached hydrogens (tertiary/aromatic N) is 1. The maximum absolute atomic E-state index is 12.2. The van der Waals surface area contributed by atoms with E-state index in [9.17, 15) is 4.79 Å². The predicted molar refractivity (Wildman–Crippen MR) is 83.6 cm³/mol. The largest absolute Gasteiger partial charge is 0.388 e. The highest BCUT2D eigenvalue weighted by molar-refractivity contribution is 7.17. The number of thiophene rings is 1. The molecule has 2 N–H and O–H groups in total. The SMILES string of the molecule is CNc1ccnc(C(=O)Nc2ccc3sccc3c2)c1. The minimum absolute atomic E-state index is 0.211. The number of pyridine rings is 1. The lowest BCUT2D eigenvalue weighted by atomic mass is 10.2. The van der Waals surface area contributed by atoms with E-state index in [1.807, 2.05) is 42.8 Å². The first-order chi connectivity index (χ1) is 9.76. The third-order valence-electron chi connectivity index (χ3n) is 2.99. The molecule has 3 aromatic rings. The number of carbonyl (C=O) groups excluding carboxylic acids is 1. The number of aromatic nitrogens is 1. The quantitative estimate of drug-likeness (QED) is 0.772.